The summed E-state index contributed by atoms with van der Waals surface area (Å²) in [5, 5.41) is 9.33. The van der Waals surface area contributed by atoms with Crippen molar-refractivity contribution in [2.45, 2.75) is 18.6 Å². The highest BCUT2D eigenvalue weighted by Crippen LogP contribution is 2.21. The predicted molar refractivity (Wildman–Crippen MR) is 111 cm³/mol. The van der Waals surface area contributed by atoms with E-state index in [1.54, 1.807) is 29.2 Å². The number of hydrogen-bond donors (Lipinski definition) is 2. The van der Waals surface area contributed by atoms with Crippen molar-refractivity contribution in [1.82, 2.24) is 25.1 Å². The van der Waals surface area contributed by atoms with Crippen molar-refractivity contribution >= 4 is 10.9 Å². The normalized spacial score (nSPS) is 19.0. The Hall–Kier alpha value is -3.29. The summed E-state index contributed by atoms with van der Waals surface area (Å²) in [6.07, 6.45) is 5.40. The maximum Gasteiger partial charge on any atom is 0.267 e. The lowest BCUT2D eigenvalue weighted by atomic mass is 10.1. The zero-order valence-electron chi connectivity index (χ0n) is 15.8. The van der Waals surface area contributed by atoms with Crippen LogP contribution < -0.4 is 10.9 Å². The van der Waals surface area contributed by atoms with E-state index < -0.39 is 0 Å². The van der Waals surface area contributed by atoms with Crippen LogP contribution in [0.2, 0.25) is 0 Å². The third-order valence-electron chi connectivity index (χ3n) is 5.33. The molecule has 5 rings (SSSR count). The van der Waals surface area contributed by atoms with Gasteiger partial charge in [0.05, 0.1) is 31.0 Å². The summed E-state index contributed by atoms with van der Waals surface area (Å²) >= 11 is 0. The van der Waals surface area contributed by atoms with Gasteiger partial charge in [-0.25, -0.2) is 4.68 Å². The Morgan fingerprint density at radius 1 is 1.17 bits per heavy atom. The SMILES string of the molecule is O=c1ccc(-c2cccnc2)nn1C1COCC1NCc1ccc2[nH]ccc2c1. The van der Waals surface area contributed by atoms with E-state index in [-0.39, 0.29) is 17.6 Å². The average molecular weight is 387 g/mol. The smallest absolute Gasteiger partial charge is 0.267 e. The first-order chi connectivity index (χ1) is 14.3. The number of nitrogens with one attached hydrogen (secondary N) is 2. The number of ether oxygens (including phenoxy) is 1. The summed E-state index contributed by atoms with van der Waals surface area (Å²) in [5.41, 5.74) is 3.78. The fourth-order valence-electron chi connectivity index (χ4n) is 3.77. The molecule has 0 bridgehead atoms. The summed E-state index contributed by atoms with van der Waals surface area (Å²) in [5.74, 6) is 0. The molecule has 1 aliphatic rings. The molecule has 0 spiro atoms. The second-order valence-electron chi connectivity index (χ2n) is 7.23. The molecule has 4 aromatic rings. The molecule has 2 N–H and O–H groups in total. The highest BCUT2D eigenvalue weighted by atomic mass is 16.5. The number of rotatable bonds is 5. The van der Waals surface area contributed by atoms with Gasteiger partial charge < -0.3 is 15.0 Å². The summed E-state index contributed by atoms with van der Waals surface area (Å²) in [6, 6.07) is 15.3. The second-order valence-corrected chi connectivity index (χ2v) is 7.23. The lowest BCUT2D eigenvalue weighted by Crippen LogP contribution is -2.41. The van der Waals surface area contributed by atoms with Crippen LogP contribution in [0.4, 0.5) is 0 Å². The van der Waals surface area contributed by atoms with E-state index in [0.717, 1.165) is 16.8 Å². The first-order valence-electron chi connectivity index (χ1n) is 9.65. The molecule has 0 radical (unpaired) electrons. The molecule has 29 heavy (non-hydrogen) atoms. The molecule has 0 aliphatic carbocycles. The molecular formula is C22H21N5O2. The Morgan fingerprint density at radius 3 is 3.03 bits per heavy atom. The van der Waals surface area contributed by atoms with Crippen molar-refractivity contribution in [3.8, 4) is 11.3 Å². The summed E-state index contributed by atoms with van der Waals surface area (Å²) < 4.78 is 7.24. The van der Waals surface area contributed by atoms with Crippen molar-refractivity contribution < 1.29 is 4.74 Å². The van der Waals surface area contributed by atoms with Gasteiger partial charge >= 0.3 is 0 Å². The minimum Gasteiger partial charge on any atom is -0.377 e. The monoisotopic (exact) mass is 387 g/mol. The van der Waals surface area contributed by atoms with Gasteiger partial charge in [0.15, 0.2) is 0 Å². The van der Waals surface area contributed by atoms with Crippen LogP contribution >= 0.6 is 0 Å². The topological polar surface area (TPSA) is 84.8 Å². The lowest BCUT2D eigenvalue weighted by molar-refractivity contribution is 0.181. The molecule has 4 heterocycles. The van der Waals surface area contributed by atoms with Gasteiger partial charge in [-0.1, -0.05) is 6.07 Å². The first kappa shape index (κ1) is 17.8. The Morgan fingerprint density at radius 2 is 2.14 bits per heavy atom. The van der Waals surface area contributed by atoms with E-state index in [1.807, 2.05) is 18.3 Å². The highest BCUT2D eigenvalue weighted by Gasteiger charge is 2.31. The van der Waals surface area contributed by atoms with Gasteiger partial charge in [0.2, 0.25) is 0 Å². The third kappa shape index (κ3) is 3.57. The number of aromatic amines is 1. The summed E-state index contributed by atoms with van der Waals surface area (Å²) in [6.45, 7) is 1.70. The van der Waals surface area contributed by atoms with E-state index >= 15 is 0 Å². The van der Waals surface area contributed by atoms with Gasteiger partial charge in [0.25, 0.3) is 5.56 Å². The molecule has 2 unspecified atom stereocenters. The van der Waals surface area contributed by atoms with Crippen LogP contribution in [-0.4, -0.2) is 39.0 Å². The summed E-state index contributed by atoms with van der Waals surface area (Å²) in [4.78, 5) is 19.9. The third-order valence-corrected chi connectivity index (χ3v) is 5.33. The largest absolute Gasteiger partial charge is 0.377 e. The highest BCUT2D eigenvalue weighted by molar-refractivity contribution is 5.79. The van der Waals surface area contributed by atoms with E-state index in [1.165, 1.54) is 10.9 Å². The van der Waals surface area contributed by atoms with Crippen LogP contribution in [-0.2, 0) is 11.3 Å². The Balaban J connectivity index is 1.37. The van der Waals surface area contributed by atoms with Crippen molar-refractivity contribution in [2.75, 3.05) is 13.2 Å². The minimum atomic E-state index is -0.157. The molecule has 1 aliphatic heterocycles. The van der Waals surface area contributed by atoms with Gasteiger partial charge in [0.1, 0.15) is 0 Å². The van der Waals surface area contributed by atoms with Crippen molar-refractivity contribution in [2.24, 2.45) is 0 Å². The maximum absolute atomic E-state index is 12.5. The number of aromatic nitrogens is 4. The van der Waals surface area contributed by atoms with Crippen molar-refractivity contribution in [1.29, 1.82) is 0 Å². The second kappa shape index (κ2) is 7.62. The molecule has 146 valence electrons. The fourth-order valence-corrected chi connectivity index (χ4v) is 3.77. The van der Waals surface area contributed by atoms with Crippen LogP contribution in [0.1, 0.15) is 11.6 Å². The number of pyridine rings is 1. The molecule has 3 aromatic heterocycles. The molecule has 7 nitrogen and oxygen atoms in total. The van der Waals surface area contributed by atoms with Crippen LogP contribution in [0, 0.1) is 0 Å². The van der Waals surface area contributed by atoms with Gasteiger partial charge in [-0.3, -0.25) is 9.78 Å². The molecular weight excluding hydrogens is 366 g/mol. The van der Waals surface area contributed by atoms with E-state index in [2.05, 4.69) is 44.6 Å². The quantitative estimate of drug-likeness (QED) is 0.550. The molecule has 7 heteroatoms. The fraction of sp³-hybridized carbons (Fsp3) is 0.227. The van der Waals surface area contributed by atoms with Crippen LogP contribution in [0.3, 0.4) is 0 Å². The van der Waals surface area contributed by atoms with Crippen LogP contribution in [0.15, 0.2) is 71.9 Å². The molecule has 0 saturated carbocycles. The Bertz CT molecular complexity index is 1180. The number of H-pyrrole nitrogens is 1. The van der Waals surface area contributed by atoms with Gasteiger partial charge in [-0.2, -0.15) is 5.10 Å². The molecule has 2 atom stereocenters. The Labute approximate surface area is 167 Å². The lowest BCUT2D eigenvalue weighted by Gasteiger charge is -2.21. The maximum atomic E-state index is 12.5. The van der Waals surface area contributed by atoms with Gasteiger partial charge in [-0.15, -0.1) is 0 Å². The minimum absolute atomic E-state index is 0.00581. The van der Waals surface area contributed by atoms with Crippen LogP contribution in [0.5, 0.6) is 0 Å². The van der Waals surface area contributed by atoms with Gasteiger partial charge in [0, 0.05) is 42.3 Å². The zero-order valence-corrected chi connectivity index (χ0v) is 15.8. The van der Waals surface area contributed by atoms with E-state index in [0.29, 0.717) is 19.8 Å². The molecule has 1 fully saturated rings. The summed E-state index contributed by atoms with van der Waals surface area (Å²) in [7, 11) is 0. The van der Waals surface area contributed by atoms with E-state index in [9.17, 15) is 4.79 Å². The number of hydrogen-bond acceptors (Lipinski definition) is 5. The van der Waals surface area contributed by atoms with Crippen molar-refractivity contribution in [3.05, 3.63) is 83.0 Å². The van der Waals surface area contributed by atoms with Crippen molar-refractivity contribution in [3.63, 3.8) is 0 Å². The zero-order chi connectivity index (χ0) is 19.6. The van der Waals surface area contributed by atoms with Crippen LogP contribution in [0.25, 0.3) is 22.2 Å². The Kier molecular flexibility index (Phi) is 4.67. The average Bonchev–Trinajstić information content (AvgIpc) is 3.42. The first-order valence-corrected chi connectivity index (χ1v) is 9.65. The number of benzene rings is 1. The molecule has 0 amide bonds. The molecule has 1 aromatic carbocycles. The predicted octanol–water partition coefficient (Wildman–Crippen LogP) is 2.52. The molecule has 1 saturated heterocycles. The number of nitrogens with zero attached hydrogens (tertiary/aromatic N) is 3. The van der Waals surface area contributed by atoms with Gasteiger partial charge in [-0.05, 0) is 47.3 Å². The number of fused-ring (bicyclic) bond motifs is 1. The standard InChI is InChI=1S/C22H21N5O2/c28-22-6-5-19(17-2-1-8-23-12-17)26-27(22)21-14-29-13-20(21)25-11-15-3-4-18-16(10-15)7-9-24-18/h1-10,12,20-21,24-25H,11,13-14H2. The van der Waals surface area contributed by atoms with E-state index in [4.69, 9.17) is 4.74 Å².